The summed E-state index contributed by atoms with van der Waals surface area (Å²) < 4.78 is 26.2. The third kappa shape index (κ3) is 4.35. The van der Waals surface area contributed by atoms with Gasteiger partial charge in [-0.2, -0.15) is 0 Å². The highest BCUT2D eigenvalue weighted by Gasteiger charge is 2.61. The van der Waals surface area contributed by atoms with Crippen molar-refractivity contribution in [3.05, 3.63) is 89.3 Å². The van der Waals surface area contributed by atoms with Crippen molar-refractivity contribution in [2.24, 2.45) is 11.8 Å². The molecule has 274 valence electrons. The molecule has 1 unspecified atom stereocenters. The second-order valence-corrected chi connectivity index (χ2v) is 15.2. The molecule has 13 heteroatoms. The third-order valence-corrected chi connectivity index (χ3v) is 11.4. The maximum Gasteiger partial charge on any atom is 0.249 e. The van der Waals surface area contributed by atoms with E-state index in [2.05, 4.69) is 39.1 Å². The number of rotatable bonds is 5. The molecule has 7 heterocycles. The van der Waals surface area contributed by atoms with Crippen molar-refractivity contribution >= 4 is 28.4 Å². The topological polar surface area (TPSA) is 177 Å². The molecule has 4 aliphatic rings. The Kier molecular flexibility index (Phi) is 6.91. The maximum absolute atomic E-state index is 14.2. The van der Waals surface area contributed by atoms with Gasteiger partial charge in [-0.3, -0.25) is 9.59 Å². The van der Waals surface area contributed by atoms with E-state index in [1.807, 2.05) is 50.4 Å². The summed E-state index contributed by atoms with van der Waals surface area (Å²) >= 11 is 0. The fourth-order valence-corrected chi connectivity index (χ4v) is 8.63. The van der Waals surface area contributed by atoms with Crippen LogP contribution in [0.25, 0.3) is 44.9 Å². The van der Waals surface area contributed by atoms with Gasteiger partial charge in [0.25, 0.3) is 0 Å². The number of ether oxygens (including phenoxy) is 2. The van der Waals surface area contributed by atoms with E-state index in [4.69, 9.17) is 28.3 Å². The van der Waals surface area contributed by atoms with E-state index < -0.39 is 41.6 Å². The number of carbonyl (C=O) groups excluding carboxylic acids is 2. The fraction of sp³-hybridized carbons (Fsp3) is 0.317. The van der Waals surface area contributed by atoms with Crippen LogP contribution in [-0.4, -0.2) is 57.4 Å². The van der Waals surface area contributed by atoms with Crippen LogP contribution in [0.4, 0.5) is 5.69 Å². The number of anilines is 1. The van der Waals surface area contributed by atoms with Crippen LogP contribution in [0.5, 0.6) is 11.5 Å². The highest BCUT2D eigenvalue weighted by Crippen LogP contribution is 2.61. The molecule has 0 fully saturated rings. The highest BCUT2D eigenvalue weighted by molar-refractivity contribution is 6.09. The molecule has 3 aromatic heterocycles. The normalized spacial score (nSPS) is 22.1. The molecule has 0 saturated carbocycles. The first-order chi connectivity index (χ1) is 26.1. The zero-order valence-corrected chi connectivity index (χ0v) is 30.2. The molecule has 4 aliphatic heterocycles. The van der Waals surface area contributed by atoms with Gasteiger partial charge in [0.2, 0.25) is 23.6 Å². The molecule has 54 heavy (non-hydrogen) atoms. The second kappa shape index (κ2) is 11.5. The molecule has 1 spiro atoms. The Bertz CT molecular complexity index is 2550. The number of aromatic nitrogens is 3. The predicted molar refractivity (Wildman–Crippen MR) is 198 cm³/mol. The number of amides is 2. The van der Waals surface area contributed by atoms with Gasteiger partial charge in [-0.25, -0.2) is 9.97 Å². The van der Waals surface area contributed by atoms with Gasteiger partial charge in [0.05, 0.1) is 18.8 Å². The van der Waals surface area contributed by atoms with Gasteiger partial charge in [-0.15, -0.1) is 0 Å². The van der Waals surface area contributed by atoms with Crippen molar-refractivity contribution in [1.29, 1.82) is 0 Å². The van der Waals surface area contributed by atoms with Crippen molar-refractivity contribution in [1.82, 2.24) is 25.6 Å². The monoisotopic (exact) mass is 726 g/mol. The number of methoxy groups -OCH3 is 1. The summed E-state index contributed by atoms with van der Waals surface area (Å²) in [4.78, 5) is 40.7. The average Bonchev–Trinajstić information content (AvgIpc) is 3.98. The van der Waals surface area contributed by atoms with E-state index in [0.29, 0.717) is 28.7 Å². The summed E-state index contributed by atoms with van der Waals surface area (Å²) in [6, 6.07) is 14.3. The number of aliphatic hydroxyl groups is 1. The molecular formula is C41H38N6O7. The second-order valence-electron chi connectivity index (χ2n) is 15.2. The first kappa shape index (κ1) is 32.6. The van der Waals surface area contributed by atoms with Crippen LogP contribution in [0.1, 0.15) is 62.1 Å². The van der Waals surface area contributed by atoms with Crippen LogP contribution in [0, 0.1) is 11.8 Å². The Morgan fingerprint density at radius 1 is 1.04 bits per heavy atom. The molecule has 3 aromatic carbocycles. The highest BCUT2D eigenvalue weighted by atomic mass is 16.5. The lowest BCUT2D eigenvalue weighted by Crippen LogP contribution is -2.52. The summed E-state index contributed by atoms with van der Waals surface area (Å²) in [5, 5.41) is 21.2. The number of nitrogens with zero attached hydrogens (tertiary/aromatic N) is 2. The molecule has 6 aromatic rings. The lowest BCUT2D eigenvalue weighted by Gasteiger charge is -2.29. The first-order valence-corrected chi connectivity index (χ1v) is 18.2. The number of carbonyl (C=O) groups is 2. The Morgan fingerprint density at radius 3 is 2.69 bits per heavy atom. The number of hydrogen-bond donors (Lipinski definition) is 5. The van der Waals surface area contributed by atoms with Crippen molar-refractivity contribution in [2.45, 2.75) is 63.9 Å². The molecule has 10 bridgehead atoms. The Hall–Kier alpha value is -6.08. The molecule has 0 radical (unpaired) electrons. The average molecular weight is 727 g/mol. The number of oxazole rings is 2. The standard InChI is InChI=1S/C41H38N6O7/c1-17(2)30-39-46-33-35(54-39)41-23-8-6-7-21(20-10-12-27(51-5)32-29(20)22(15-42-32)28-16-43-38(33)52-28)31(23)47-40(41)53-26-11-9-19(13-24(26)41)14-25(36(49)45-30)44-37(50)34(48)18(3)4/h6-13,15-18,25,30,34,40,42,47-48H,14H2,1-5H3,(H,44,50)(H,45,49)/t25-,30-,34-,40?,41-/m0/s1. The molecule has 5 atom stereocenters. The van der Waals surface area contributed by atoms with Crippen LogP contribution < -0.4 is 25.4 Å². The van der Waals surface area contributed by atoms with Crippen LogP contribution >= 0.6 is 0 Å². The number of aromatic amines is 1. The van der Waals surface area contributed by atoms with Gasteiger partial charge in [0, 0.05) is 45.9 Å². The van der Waals surface area contributed by atoms with Gasteiger partial charge in [0.1, 0.15) is 35.1 Å². The lowest BCUT2D eigenvalue weighted by molar-refractivity contribution is -0.135. The summed E-state index contributed by atoms with van der Waals surface area (Å²) in [6.45, 7) is 7.42. The van der Waals surface area contributed by atoms with Gasteiger partial charge in [0.15, 0.2) is 23.4 Å². The largest absolute Gasteiger partial charge is 0.495 e. The van der Waals surface area contributed by atoms with E-state index in [-0.39, 0.29) is 30.0 Å². The van der Waals surface area contributed by atoms with Crippen LogP contribution in [0.15, 0.2) is 69.8 Å². The molecule has 0 aliphatic carbocycles. The minimum absolute atomic E-state index is 0.157. The molecule has 10 rings (SSSR count). The van der Waals surface area contributed by atoms with Crippen molar-refractivity contribution in [2.75, 3.05) is 12.4 Å². The smallest absolute Gasteiger partial charge is 0.249 e. The number of hydrogen-bond acceptors (Lipinski definition) is 10. The van der Waals surface area contributed by atoms with Gasteiger partial charge in [-0.1, -0.05) is 58.0 Å². The lowest BCUT2D eigenvalue weighted by atomic mass is 9.72. The molecule has 13 nitrogen and oxygen atoms in total. The molecule has 0 saturated heterocycles. The number of fused-ring (bicyclic) bond motifs is 7. The van der Waals surface area contributed by atoms with E-state index in [1.165, 1.54) is 0 Å². The van der Waals surface area contributed by atoms with E-state index in [1.54, 1.807) is 27.2 Å². The van der Waals surface area contributed by atoms with Crippen molar-refractivity contribution in [3.8, 4) is 45.5 Å². The number of aliphatic hydroxyl groups excluding tert-OH is 1. The predicted octanol–water partition coefficient (Wildman–Crippen LogP) is 5.82. The molecular weight excluding hydrogens is 688 g/mol. The number of H-pyrrole nitrogens is 1. The van der Waals surface area contributed by atoms with Gasteiger partial charge < -0.3 is 44.3 Å². The Labute approximate surface area is 309 Å². The minimum Gasteiger partial charge on any atom is -0.495 e. The third-order valence-electron chi connectivity index (χ3n) is 11.4. The molecule has 5 N–H and O–H groups in total. The fourth-order valence-electron chi connectivity index (χ4n) is 8.63. The number of nitrogens with one attached hydrogen (secondary N) is 4. The summed E-state index contributed by atoms with van der Waals surface area (Å²) in [5.41, 5.74) is 6.16. The SMILES string of the molecule is COc1ccc2c3c(c[nH]c13)-c1cnc(o1)-c1nc3oc1[C@]14c5cc(ccc5OC1Nc1c-2cccc14)C[C@H](NC(=O)[C@@H](O)C(C)C)C(=O)N[C@H]3C(C)C. The zero-order valence-electron chi connectivity index (χ0n) is 30.2. The summed E-state index contributed by atoms with van der Waals surface area (Å²) in [5.74, 6) is 1.23. The molecule has 2 amide bonds. The number of para-hydroxylation sites is 1. The van der Waals surface area contributed by atoms with E-state index in [9.17, 15) is 14.7 Å². The van der Waals surface area contributed by atoms with Crippen LogP contribution in [0.2, 0.25) is 0 Å². The van der Waals surface area contributed by atoms with Crippen LogP contribution in [0.3, 0.4) is 0 Å². The van der Waals surface area contributed by atoms with Gasteiger partial charge in [-0.05, 0) is 41.2 Å². The van der Waals surface area contributed by atoms with E-state index >= 15 is 0 Å². The number of benzene rings is 3. The Morgan fingerprint density at radius 2 is 1.89 bits per heavy atom. The Balaban J connectivity index is 1.28. The zero-order chi connectivity index (χ0) is 37.2. The minimum atomic E-state index is -1.29. The summed E-state index contributed by atoms with van der Waals surface area (Å²) in [7, 11) is 1.65. The maximum atomic E-state index is 14.2. The van der Waals surface area contributed by atoms with E-state index in [0.717, 1.165) is 50.0 Å². The summed E-state index contributed by atoms with van der Waals surface area (Å²) in [6.07, 6.45) is 1.79. The van der Waals surface area contributed by atoms with Gasteiger partial charge >= 0.3 is 0 Å². The van der Waals surface area contributed by atoms with Crippen molar-refractivity contribution in [3.63, 3.8) is 0 Å². The van der Waals surface area contributed by atoms with Crippen LogP contribution in [-0.2, 0) is 21.4 Å². The first-order valence-electron chi connectivity index (χ1n) is 18.2. The quantitative estimate of drug-likeness (QED) is 0.146. The van der Waals surface area contributed by atoms with Crippen molar-refractivity contribution < 1.29 is 33.0 Å².